The van der Waals surface area contributed by atoms with E-state index in [-0.39, 0.29) is 0 Å². The van der Waals surface area contributed by atoms with Gasteiger partial charge in [0.25, 0.3) is 0 Å². The van der Waals surface area contributed by atoms with Gasteiger partial charge in [-0.25, -0.2) is 0 Å². The van der Waals surface area contributed by atoms with Crippen LogP contribution in [0, 0.1) is 11.8 Å². The number of nitrogens with one attached hydrogen (secondary N) is 2. The predicted octanol–water partition coefficient (Wildman–Crippen LogP) is 3.71. The number of piperidine rings is 1. The van der Waals surface area contributed by atoms with E-state index in [0.29, 0.717) is 0 Å². The third-order valence-electron chi connectivity index (χ3n) is 5.05. The highest BCUT2D eigenvalue weighted by molar-refractivity contribution is 4.90. The minimum Gasteiger partial charge on any atom is -0.314 e. The van der Waals surface area contributed by atoms with Crippen LogP contribution in [0.4, 0.5) is 0 Å². The summed E-state index contributed by atoms with van der Waals surface area (Å²) in [5.74, 6) is 1.75. The number of hydrogen-bond acceptors (Lipinski definition) is 2. The van der Waals surface area contributed by atoms with Gasteiger partial charge < -0.3 is 10.6 Å². The zero-order valence-electron chi connectivity index (χ0n) is 13.1. The second-order valence-corrected chi connectivity index (χ2v) is 7.10. The third kappa shape index (κ3) is 5.07. The lowest BCUT2D eigenvalue weighted by Gasteiger charge is -2.40. The first-order valence-electron chi connectivity index (χ1n) is 8.74. The van der Waals surface area contributed by atoms with E-state index in [2.05, 4.69) is 24.5 Å². The first-order chi connectivity index (χ1) is 9.27. The van der Waals surface area contributed by atoms with E-state index < -0.39 is 0 Å². The molecule has 19 heavy (non-hydrogen) atoms. The van der Waals surface area contributed by atoms with Gasteiger partial charge in [0, 0.05) is 12.1 Å². The van der Waals surface area contributed by atoms with Crippen molar-refractivity contribution in [2.75, 3.05) is 13.1 Å². The van der Waals surface area contributed by atoms with E-state index in [1.807, 2.05) is 0 Å². The van der Waals surface area contributed by atoms with Crippen LogP contribution >= 0.6 is 0 Å². The van der Waals surface area contributed by atoms with E-state index in [4.69, 9.17) is 0 Å². The SMILES string of the molecule is CC(C)CCCNC1CCCCC1C1CCCCN1. The Labute approximate surface area is 120 Å². The molecule has 1 heterocycles. The Kier molecular flexibility index (Phi) is 6.66. The highest BCUT2D eigenvalue weighted by Crippen LogP contribution is 2.30. The first-order valence-corrected chi connectivity index (χ1v) is 8.74. The fourth-order valence-corrected chi connectivity index (χ4v) is 3.94. The molecule has 0 aromatic carbocycles. The van der Waals surface area contributed by atoms with Crippen molar-refractivity contribution in [2.45, 2.75) is 83.7 Å². The van der Waals surface area contributed by atoms with Crippen LogP contribution in [0.15, 0.2) is 0 Å². The van der Waals surface area contributed by atoms with E-state index in [9.17, 15) is 0 Å². The number of rotatable bonds is 6. The Hall–Kier alpha value is -0.0800. The summed E-state index contributed by atoms with van der Waals surface area (Å²) in [5.41, 5.74) is 0. The van der Waals surface area contributed by atoms with Crippen LogP contribution in [0.2, 0.25) is 0 Å². The molecule has 0 aromatic rings. The molecular formula is C17H34N2. The van der Waals surface area contributed by atoms with Gasteiger partial charge in [0.05, 0.1) is 0 Å². The van der Waals surface area contributed by atoms with Crippen LogP contribution in [0.1, 0.15) is 71.6 Å². The standard InChI is InChI=1S/C17H34N2/c1-14(2)8-7-13-19-16-10-4-3-9-15(16)17-11-5-6-12-18-17/h14-19H,3-13H2,1-2H3. The summed E-state index contributed by atoms with van der Waals surface area (Å²) in [7, 11) is 0. The summed E-state index contributed by atoms with van der Waals surface area (Å²) >= 11 is 0. The fraction of sp³-hybridized carbons (Fsp3) is 1.00. The minimum atomic E-state index is 0.788. The van der Waals surface area contributed by atoms with Gasteiger partial charge in [-0.15, -0.1) is 0 Å². The largest absolute Gasteiger partial charge is 0.314 e. The Morgan fingerprint density at radius 3 is 2.58 bits per heavy atom. The van der Waals surface area contributed by atoms with Gasteiger partial charge >= 0.3 is 0 Å². The lowest BCUT2D eigenvalue weighted by atomic mass is 9.77. The van der Waals surface area contributed by atoms with Crippen molar-refractivity contribution < 1.29 is 0 Å². The van der Waals surface area contributed by atoms with Crippen LogP contribution in [0.5, 0.6) is 0 Å². The highest BCUT2D eigenvalue weighted by atomic mass is 15.0. The fourth-order valence-electron chi connectivity index (χ4n) is 3.94. The van der Waals surface area contributed by atoms with Crippen molar-refractivity contribution in [3.8, 4) is 0 Å². The molecule has 1 aliphatic carbocycles. The average Bonchev–Trinajstić information content (AvgIpc) is 2.45. The van der Waals surface area contributed by atoms with Gasteiger partial charge in [-0.3, -0.25) is 0 Å². The third-order valence-corrected chi connectivity index (χ3v) is 5.05. The van der Waals surface area contributed by atoms with Crippen LogP contribution < -0.4 is 10.6 Å². The molecular weight excluding hydrogens is 232 g/mol. The van der Waals surface area contributed by atoms with Gasteiger partial charge in [-0.1, -0.05) is 33.1 Å². The van der Waals surface area contributed by atoms with Gasteiger partial charge in [0.15, 0.2) is 0 Å². The average molecular weight is 266 g/mol. The van der Waals surface area contributed by atoms with E-state index in [1.54, 1.807) is 0 Å². The molecule has 1 saturated carbocycles. The van der Waals surface area contributed by atoms with Crippen LogP contribution in [0.3, 0.4) is 0 Å². The lowest BCUT2D eigenvalue weighted by Crippen LogP contribution is -2.50. The molecule has 3 unspecified atom stereocenters. The molecule has 0 amide bonds. The maximum atomic E-state index is 3.88. The first kappa shape index (κ1) is 15.3. The summed E-state index contributed by atoms with van der Waals surface area (Å²) in [6.07, 6.45) is 12.7. The Morgan fingerprint density at radius 1 is 1.05 bits per heavy atom. The molecule has 1 aliphatic heterocycles. The summed E-state index contributed by atoms with van der Waals surface area (Å²) in [5, 5.41) is 7.67. The molecule has 3 atom stereocenters. The zero-order chi connectivity index (χ0) is 13.5. The Balaban J connectivity index is 1.75. The molecule has 2 aliphatic rings. The van der Waals surface area contributed by atoms with Crippen LogP contribution in [-0.4, -0.2) is 25.2 Å². The second kappa shape index (κ2) is 8.26. The van der Waals surface area contributed by atoms with Crippen molar-refractivity contribution in [1.82, 2.24) is 10.6 Å². The zero-order valence-corrected chi connectivity index (χ0v) is 13.1. The molecule has 2 N–H and O–H groups in total. The molecule has 112 valence electrons. The Morgan fingerprint density at radius 2 is 1.84 bits per heavy atom. The molecule has 2 fully saturated rings. The molecule has 0 aromatic heterocycles. The second-order valence-electron chi connectivity index (χ2n) is 7.10. The number of hydrogen-bond donors (Lipinski definition) is 2. The monoisotopic (exact) mass is 266 g/mol. The predicted molar refractivity (Wildman–Crippen MR) is 83.5 cm³/mol. The minimum absolute atomic E-state index is 0.788. The van der Waals surface area contributed by atoms with Gasteiger partial charge in [-0.2, -0.15) is 0 Å². The summed E-state index contributed by atoms with van der Waals surface area (Å²) in [4.78, 5) is 0. The van der Waals surface area contributed by atoms with Crippen LogP contribution in [-0.2, 0) is 0 Å². The normalized spacial score (nSPS) is 32.7. The molecule has 0 bridgehead atoms. The van der Waals surface area contributed by atoms with Crippen LogP contribution in [0.25, 0.3) is 0 Å². The molecule has 1 saturated heterocycles. The van der Waals surface area contributed by atoms with Gasteiger partial charge in [0.2, 0.25) is 0 Å². The summed E-state index contributed by atoms with van der Waals surface area (Å²) in [6, 6.07) is 1.59. The maximum absolute atomic E-state index is 3.88. The molecule has 2 rings (SSSR count). The van der Waals surface area contributed by atoms with E-state index >= 15 is 0 Å². The van der Waals surface area contributed by atoms with Crippen molar-refractivity contribution in [1.29, 1.82) is 0 Å². The highest BCUT2D eigenvalue weighted by Gasteiger charge is 2.31. The summed E-state index contributed by atoms with van der Waals surface area (Å²) in [6.45, 7) is 7.14. The molecule has 0 spiro atoms. The van der Waals surface area contributed by atoms with Crippen molar-refractivity contribution >= 4 is 0 Å². The van der Waals surface area contributed by atoms with Gasteiger partial charge in [0.1, 0.15) is 0 Å². The lowest BCUT2D eigenvalue weighted by molar-refractivity contribution is 0.181. The topological polar surface area (TPSA) is 24.1 Å². The summed E-state index contributed by atoms with van der Waals surface area (Å²) < 4.78 is 0. The molecule has 2 nitrogen and oxygen atoms in total. The van der Waals surface area contributed by atoms with Crippen molar-refractivity contribution in [2.24, 2.45) is 11.8 Å². The smallest absolute Gasteiger partial charge is 0.0110 e. The molecule has 2 heteroatoms. The van der Waals surface area contributed by atoms with E-state index in [1.165, 1.54) is 70.9 Å². The van der Waals surface area contributed by atoms with Crippen molar-refractivity contribution in [3.05, 3.63) is 0 Å². The quantitative estimate of drug-likeness (QED) is 0.716. The van der Waals surface area contributed by atoms with Crippen molar-refractivity contribution in [3.63, 3.8) is 0 Å². The maximum Gasteiger partial charge on any atom is 0.0110 e. The molecule has 0 radical (unpaired) electrons. The van der Waals surface area contributed by atoms with Gasteiger partial charge in [-0.05, 0) is 63.5 Å². The Bertz CT molecular complexity index is 233. The van der Waals surface area contributed by atoms with E-state index in [0.717, 1.165) is 23.9 Å².